The standard InChI is InChI=1S/C22H23N3O5S/c1-13(26)25-8-7-15-16(11-23)22(31-19(15)12-25)24-20(27)6-5-14-9-17(28-2)21(30-4)18(10-14)29-3/h5-6,9-10H,7-8,12H2,1-4H3,(H,24,27)/b6-5+. The van der Waals surface area contributed by atoms with E-state index in [0.29, 0.717) is 52.9 Å². The number of benzene rings is 1. The van der Waals surface area contributed by atoms with Gasteiger partial charge in [-0.15, -0.1) is 11.3 Å². The Labute approximate surface area is 184 Å². The Hall–Kier alpha value is -3.51. The van der Waals surface area contributed by atoms with Crippen LogP contribution in [0.2, 0.25) is 0 Å². The highest BCUT2D eigenvalue weighted by molar-refractivity contribution is 7.16. The summed E-state index contributed by atoms with van der Waals surface area (Å²) >= 11 is 1.34. The number of ether oxygens (including phenoxy) is 3. The number of amides is 2. The number of nitrogens with one attached hydrogen (secondary N) is 1. The van der Waals surface area contributed by atoms with Gasteiger partial charge in [-0.05, 0) is 35.8 Å². The molecule has 8 nitrogen and oxygen atoms in total. The zero-order valence-electron chi connectivity index (χ0n) is 17.8. The van der Waals surface area contributed by atoms with Crippen molar-refractivity contribution in [3.05, 3.63) is 39.8 Å². The van der Waals surface area contributed by atoms with E-state index < -0.39 is 0 Å². The van der Waals surface area contributed by atoms with Gasteiger partial charge in [-0.2, -0.15) is 5.26 Å². The van der Waals surface area contributed by atoms with Crippen LogP contribution in [0.1, 0.15) is 28.5 Å². The van der Waals surface area contributed by atoms with E-state index in [1.54, 1.807) is 23.1 Å². The molecule has 31 heavy (non-hydrogen) atoms. The number of fused-ring (bicyclic) bond motifs is 1. The van der Waals surface area contributed by atoms with Crippen LogP contribution in [-0.2, 0) is 22.6 Å². The van der Waals surface area contributed by atoms with Gasteiger partial charge in [0.2, 0.25) is 17.6 Å². The lowest BCUT2D eigenvalue weighted by molar-refractivity contribution is -0.129. The SMILES string of the molecule is COc1cc(/C=C/C(=O)Nc2sc3c(c2C#N)CCN(C(C)=O)C3)cc(OC)c1OC. The Morgan fingerprint density at radius 3 is 2.42 bits per heavy atom. The number of carbonyl (C=O) groups excluding carboxylic acids is 2. The third-order valence-corrected chi connectivity index (χ3v) is 6.10. The van der Waals surface area contributed by atoms with Gasteiger partial charge in [-0.3, -0.25) is 9.59 Å². The normalized spacial score (nSPS) is 12.8. The van der Waals surface area contributed by atoms with Crippen molar-refractivity contribution < 1.29 is 23.8 Å². The maximum atomic E-state index is 12.5. The van der Waals surface area contributed by atoms with Crippen LogP contribution in [-0.4, -0.2) is 44.6 Å². The quantitative estimate of drug-likeness (QED) is 0.691. The van der Waals surface area contributed by atoms with E-state index in [4.69, 9.17) is 14.2 Å². The molecule has 0 saturated carbocycles. The molecule has 2 amide bonds. The fourth-order valence-electron chi connectivity index (χ4n) is 3.40. The van der Waals surface area contributed by atoms with Crippen LogP contribution in [0, 0.1) is 11.3 Å². The van der Waals surface area contributed by atoms with Crippen LogP contribution in [0.25, 0.3) is 6.08 Å². The maximum absolute atomic E-state index is 12.5. The van der Waals surface area contributed by atoms with E-state index in [1.807, 2.05) is 0 Å². The minimum atomic E-state index is -0.368. The molecule has 2 aromatic rings. The highest BCUT2D eigenvalue weighted by Crippen LogP contribution is 2.39. The van der Waals surface area contributed by atoms with Crippen molar-refractivity contribution in [2.45, 2.75) is 19.9 Å². The summed E-state index contributed by atoms with van der Waals surface area (Å²) in [7, 11) is 4.56. The van der Waals surface area contributed by atoms with E-state index in [1.165, 1.54) is 45.7 Å². The second kappa shape index (κ2) is 9.53. The molecule has 0 spiro atoms. The lowest BCUT2D eigenvalue weighted by Gasteiger charge is -2.25. The largest absolute Gasteiger partial charge is 0.493 e. The lowest BCUT2D eigenvalue weighted by atomic mass is 10.0. The van der Waals surface area contributed by atoms with Gasteiger partial charge >= 0.3 is 0 Å². The highest BCUT2D eigenvalue weighted by Gasteiger charge is 2.26. The van der Waals surface area contributed by atoms with Crippen molar-refractivity contribution in [2.24, 2.45) is 0 Å². The monoisotopic (exact) mass is 441 g/mol. The third-order valence-electron chi connectivity index (χ3n) is 4.96. The van der Waals surface area contributed by atoms with Crippen LogP contribution in [0.4, 0.5) is 5.00 Å². The predicted octanol–water partition coefficient (Wildman–Crippen LogP) is 3.20. The Morgan fingerprint density at radius 1 is 1.19 bits per heavy atom. The van der Waals surface area contributed by atoms with Crippen LogP contribution in [0.15, 0.2) is 18.2 Å². The summed E-state index contributed by atoms with van der Waals surface area (Å²) in [5, 5.41) is 12.9. The van der Waals surface area contributed by atoms with Gasteiger partial charge in [0.25, 0.3) is 0 Å². The maximum Gasteiger partial charge on any atom is 0.249 e. The molecule has 0 aliphatic carbocycles. The molecule has 9 heteroatoms. The molecule has 1 aromatic carbocycles. The van der Waals surface area contributed by atoms with E-state index in [2.05, 4.69) is 11.4 Å². The zero-order chi connectivity index (χ0) is 22.5. The smallest absolute Gasteiger partial charge is 0.249 e. The topological polar surface area (TPSA) is 101 Å². The summed E-state index contributed by atoms with van der Waals surface area (Å²) in [6.45, 7) is 2.56. The number of hydrogen-bond acceptors (Lipinski definition) is 7. The molecular formula is C22H23N3O5S. The summed E-state index contributed by atoms with van der Waals surface area (Å²) in [4.78, 5) is 26.8. The van der Waals surface area contributed by atoms with Gasteiger partial charge in [-0.25, -0.2) is 0 Å². The van der Waals surface area contributed by atoms with Crippen molar-refractivity contribution >= 4 is 34.2 Å². The molecule has 0 atom stereocenters. The molecule has 3 rings (SSSR count). The molecule has 1 aromatic heterocycles. The summed E-state index contributed by atoms with van der Waals surface area (Å²) in [6.07, 6.45) is 3.60. The average molecular weight is 442 g/mol. The Balaban J connectivity index is 1.80. The first-order valence-electron chi connectivity index (χ1n) is 9.51. The average Bonchev–Trinajstić information content (AvgIpc) is 3.12. The van der Waals surface area contributed by atoms with E-state index in [-0.39, 0.29) is 11.8 Å². The second-order valence-corrected chi connectivity index (χ2v) is 7.90. The molecule has 0 saturated heterocycles. The van der Waals surface area contributed by atoms with Crippen molar-refractivity contribution in [1.29, 1.82) is 5.26 Å². The first-order chi connectivity index (χ1) is 14.9. The second-order valence-electron chi connectivity index (χ2n) is 6.79. The summed E-state index contributed by atoms with van der Waals surface area (Å²) in [5.74, 6) is 1.06. The summed E-state index contributed by atoms with van der Waals surface area (Å²) in [6, 6.07) is 5.65. The van der Waals surface area contributed by atoms with E-state index in [9.17, 15) is 14.9 Å². The van der Waals surface area contributed by atoms with Crippen LogP contribution >= 0.6 is 11.3 Å². The minimum absolute atomic E-state index is 0.00331. The fourth-order valence-corrected chi connectivity index (χ4v) is 4.62. The van der Waals surface area contributed by atoms with Gasteiger partial charge in [0.05, 0.1) is 33.4 Å². The van der Waals surface area contributed by atoms with Crippen molar-refractivity contribution in [3.63, 3.8) is 0 Å². The van der Waals surface area contributed by atoms with Crippen molar-refractivity contribution in [2.75, 3.05) is 33.2 Å². The van der Waals surface area contributed by atoms with Crippen molar-refractivity contribution in [3.8, 4) is 23.3 Å². The van der Waals surface area contributed by atoms with E-state index >= 15 is 0 Å². The molecule has 1 aliphatic heterocycles. The number of rotatable bonds is 6. The number of carbonyl (C=O) groups is 2. The van der Waals surface area contributed by atoms with Gasteiger partial charge < -0.3 is 24.4 Å². The Kier molecular flexibility index (Phi) is 6.82. The van der Waals surface area contributed by atoms with Crippen LogP contribution in [0.3, 0.4) is 0 Å². The van der Waals surface area contributed by atoms with Crippen LogP contribution in [0.5, 0.6) is 17.2 Å². The molecule has 162 valence electrons. The number of hydrogen-bond donors (Lipinski definition) is 1. The molecule has 1 aliphatic rings. The fraction of sp³-hybridized carbons (Fsp3) is 0.318. The molecule has 0 unspecified atom stereocenters. The zero-order valence-corrected chi connectivity index (χ0v) is 18.6. The first kappa shape index (κ1) is 22.2. The number of thiophene rings is 1. The summed E-state index contributed by atoms with van der Waals surface area (Å²) < 4.78 is 15.9. The minimum Gasteiger partial charge on any atom is -0.493 e. The van der Waals surface area contributed by atoms with Gasteiger partial charge in [0.15, 0.2) is 11.5 Å². The first-order valence-corrected chi connectivity index (χ1v) is 10.3. The van der Waals surface area contributed by atoms with Gasteiger partial charge in [0.1, 0.15) is 11.1 Å². The van der Waals surface area contributed by atoms with Crippen LogP contribution < -0.4 is 19.5 Å². The predicted molar refractivity (Wildman–Crippen MR) is 118 cm³/mol. The molecule has 1 N–H and O–H groups in total. The molecule has 0 radical (unpaired) electrons. The number of anilines is 1. The van der Waals surface area contributed by atoms with E-state index in [0.717, 1.165) is 10.4 Å². The molecule has 2 heterocycles. The Bertz CT molecular complexity index is 1060. The molecule has 0 fully saturated rings. The highest BCUT2D eigenvalue weighted by atomic mass is 32.1. The molecular weight excluding hydrogens is 418 g/mol. The molecule has 0 bridgehead atoms. The third kappa shape index (κ3) is 4.64. The lowest BCUT2D eigenvalue weighted by Crippen LogP contribution is -2.33. The van der Waals surface area contributed by atoms with Crippen molar-refractivity contribution in [1.82, 2.24) is 4.90 Å². The number of methoxy groups -OCH3 is 3. The summed E-state index contributed by atoms with van der Waals surface area (Å²) in [5.41, 5.74) is 2.07. The van der Waals surface area contributed by atoms with Gasteiger partial charge in [-0.1, -0.05) is 0 Å². The number of nitriles is 1. The number of nitrogens with zero attached hydrogens (tertiary/aromatic N) is 2. The Morgan fingerprint density at radius 2 is 1.87 bits per heavy atom. The van der Waals surface area contributed by atoms with Gasteiger partial charge in [0, 0.05) is 24.4 Å².